The summed E-state index contributed by atoms with van der Waals surface area (Å²) in [5.41, 5.74) is 0.860. The Bertz CT molecular complexity index is 698. The molecule has 2 aromatic rings. The van der Waals surface area contributed by atoms with Crippen molar-refractivity contribution in [1.29, 1.82) is 0 Å². The molecule has 0 aliphatic carbocycles. The van der Waals surface area contributed by atoms with Crippen LogP contribution in [0.4, 0.5) is 0 Å². The molecule has 24 heavy (non-hydrogen) atoms. The lowest BCUT2D eigenvalue weighted by atomic mass is 9.97. The van der Waals surface area contributed by atoms with Crippen LogP contribution >= 0.6 is 0 Å². The number of hydrogen-bond acceptors (Lipinski definition) is 5. The smallest absolute Gasteiger partial charge is 0.231 e. The van der Waals surface area contributed by atoms with E-state index in [1.54, 1.807) is 7.11 Å². The summed E-state index contributed by atoms with van der Waals surface area (Å²) in [6.45, 7) is 3.52. The van der Waals surface area contributed by atoms with Crippen LogP contribution in [0.5, 0.6) is 5.75 Å². The highest BCUT2D eigenvalue weighted by Crippen LogP contribution is 2.28. The van der Waals surface area contributed by atoms with Crippen LogP contribution in [-0.4, -0.2) is 41.1 Å². The van der Waals surface area contributed by atoms with Gasteiger partial charge in [0.05, 0.1) is 13.0 Å². The van der Waals surface area contributed by atoms with E-state index < -0.39 is 0 Å². The predicted molar refractivity (Wildman–Crippen MR) is 89.7 cm³/mol. The van der Waals surface area contributed by atoms with Crippen LogP contribution < -0.4 is 4.74 Å². The molecule has 0 radical (unpaired) electrons. The van der Waals surface area contributed by atoms with Gasteiger partial charge in [0.25, 0.3) is 0 Å². The summed E-state index contributed by atoms with van der Waals surface area (Å²) in [6, 6.07) is 7.58. The molecule has 3 rings (SSSR count). The summed E-state index contributed by atoms with van der Waals surface area (Å²) < 4.78 is 10.7. The quantitative estimate of drug-likeness (QED) is 0.842. The second-order valence-electron chi connectivity index (χ2n) is 6.12. The molecule has 128 valence electrons. The van der Waals surface area contributed by atoms with E-state index in [4.69, 9.17) is 9.26 Å². The topological polar surface area (TPSA) is 68.5 Å². The van der Waals surface area contributed by atoms with Crippen LogP contribution in [0, 0.1) is 0 Å². The lowest BCUT2D eigenvalue weighted by Crippen LogP contribution is -2.39. The molecule has 0 N–H and O–H groups in total. The fraction of sp³-hybridized carbons (Fsp3) is 0.500. The number of ether oxygens (including phenoxy) is 1. The van der Waals surface area contributed by atoms with E-state index in [1.165, 1.54) is 0 Å². The van der Waals surface area contributed by atoms with Gasteiger partial charge in [-0.1, -0.05) is 24.2 Å². The zero-order valence-electron chi connectivity index (χ0n) is 14.2. The molecule has 1 saturated heterocycles. The van der Waals surface area contributed by atoms with E-state index in [9.17, 15) is 4.79 Å². The van der Waals surface area contributed by atoms with Gasteiger partial charge >= 0.3 is 0 Å². The van der Waals surface area contributed by atoms with Crippen molar-refractivity contribution >= 4 is 5.91 Å². The Morgan fingerprint density at radius 1 is 1.46 bits per heavy atom. The van der Waals surface area contributed by atoms with Gasteiger partial charge in [-0.05, 0) is 31.4 Å². The highest BCUT2D eigenvalue weighted by Gasteiger charge is 2.28. The zero-order valence-corrected chi connectivity index (χ0v) is 14.2. The van der Waals surface area contributed by atoms with Gasteiger partial charge in [-0.2, -0.15) is 4.98 Å². The number of aromatic nitrogens is 2. The predicted octanol–water partition coefficient (Wildman–Crippen LogP) is 3.25. The fourth-order valence-electron chi connectivity index (χ4n) is 3.06. The van der Waals surface area contributed by atoms with Crippen molar-refractivity contribution in [2.45, 2.75) is 38.5 Å². The first-order chi connectivity index (χ1) is 11.7. The Morgan fingerprint density at radius 3 is 3.12 bits per heavy atom. The highest BCUT2D eigenvalue weighted by atomic mass is 16.5. The molecule has 6 heteroatoms. The monoisotopic (exact) mass is 329 g/mol. The summed E-state index contributed by atoms with van der Waals surface area (Å²) in [4.78, 5) is 18.6. The summed E-state index contributed by atoms with van der Waals surface area (Å²) in [6.07, 6.45) is 3.42. The molecule has 1 aliphatic rings. The molecule has 0 unspecified atom stereocenters. The second-order valence-corrected chi connectivity index (χ2v) is 6.12. The zero-order chi connectivity index (χ0) is 16.9. The molecule has 2 heterocycles. The molecule has 6 nitrogen and oxygen atoms in total. The highest BCUT2D eigenvalue weighted by molar-refractivity contribution is 5.76. The molecular formula is C18H23N3O3. The van der Waals surface area contributed by atoms with Crippen LogP contribution in [0.15, 0.2) is 28.8 Å². The molecule has 1 fully saturated rings. The number of rotatable bonds is 5. The Morgan fingerprint density at radius 2 is 2.33 bits per heavy atom. The second kappa shape index (κ2) is 7.47. The van der Waals surface area contributed by atoms with Gasteiger partial charge in [0.2, 0.25) is 17.6 Å². The molecule has 0 bridgehead atoms. The van der Waals surface area contributed by atoms with Crippen molar-refractivity contribution in [2.24, 2.45) is 0 Å². The van der Waals surface area contributed by atoms with E-state index in [0.717, 1.165) is 37.1 Å². The third kappa shape index (κ3) is 3.58. The van der Waals surface area contributed by atoms with Crippen LogP contribution in [0.3, 0.4) is 0 Å². The minimum atomic E-state index is 0.117. The lowest BCUT2D eigenvalue weighted by Gasteiger charge is -2.31. The first kappa shape index (κ1) is 16.5. The number of amides is 1. The fourth-order valence-corrected chi connectivity index (χ4v) is 3.06. The van der Waals surface area contributed by atoms with Crippen LogP contribution in [-0.2, 0) is 4.79 Å². The number of piperidine rings is 1. The normalized spacial score (nSPS) is 17.8. The third-order valence-electron chi connectivity index (χ3n) is 4.36. The SMILES string of the molecule is CCCC(=O)N1CCC[C@H](c2nc(-c3cccc(OC)c3)no2)C1. The van der Waals surface area contributed by atoms with Crippen molar-refractivity contribution in [3.63, 3.8) is 0 Å². The van der Waals surface area contributed by atoms with E-state index >= 15 is 0 Å². The van der Waals surface area contributed by atoms with Gasteiger partial charge in [0, 0.05) is 25.1 Å². The van der Waals surface area contributed by atoms with Gasteiger partial charge in [-0.25, -0.2) is 0 Å². The third-order valence-corrected chi connectivity index (χ3v) is 4.36. The average molecular weight is 329 g/mol. The summed E-state index contributed by atoms with van der Waals surface area (Å²) in [5.74, 6) is 2.26. The van der Waals surface area contributed by atoms with Crippen molar-refractivity contribution in [2.75, 3.05) is 20.2 Å². The largest absolute Gasteiger partial charge is 0.497 e. The molecule has 1 atom stereocenters. The van der Waals surface area contributed by atoms with Crippen molar-refractivity contribution in [3.05, 3.63) is 30.2 Å². The molecule has 1 aromatic heterocycles. The molecule has 0 saturated carbocycles. The van der Waals surface area contributed by atoms with E-state index in [-0.39, 0.29) is 11.8 Å². The average Bonchev–Trinajstić information content (AvgIpc) is 3.12. The number of likely N-dealkylation sites (tertiary alicyclic amines) is 1. The van der Waals surface area contributed by atoms with Crippen LogP contribution in [0.25, 0.3) is 11.4 Å². The Balaban J connectivity index is 1.74. The Labute approximate surface area is 141 Å². The van der Waals surface area contributed by atoms with Gasteiger partial charge in [0.15, 0.2) is 0 Å². The standard InChI is InChI=1S/C18H23N3O3/c1-3-6-16(22)21-10-5-8-14(12-21)18-19-17(20-24-18)13-7-4-9-15(11-13)23-2/h4,7,9,11,14H,3,5-6,8,10,12H2,1-2H3/t14-/m0/s1. The van der Waals surface area contributed by atoms with Crippen molar-refractivity contribution < 1.29 is 14.1 Å². The van der Waals surface area contributed by atoms with Crippen molar-refractivity contribution in [3.8, 4) is 17.1 Å². The number of carbonyl (C=O) groups excluding carboxylic acids is 1. The van der Waals surface area contributed by atoms with Gasteiger partial charge in [-0.3, -0.25) is 4.79 Å². The number of hydrogen-bond donors (Lipinski definition) is 0. The summed E-state index contributed by atoms with van der Waals surface area (Å²) in [5, 5.41) is 4.10. The van der Waals surface area contributed by atoms with E-state index in [0.29, 0.717) is 24.7 Å². The van der Waals surface area contributed by atoms with Gasteiger partial charge < -0.3 is 14.2 Å². The minimum Gasteiger partial charge on any atom is -0.497 e. The first-order valence-corrected chi connectivity index (χ1v) is 8.47. The van der Waals surface area contributed by atoms with E-state index in [1.807, 2.05) is 36.1 Å². The van der Waals surface area contributed by atoms with Crippen LogP contribution in [0.2, 0.25) is 0 Å². The molecular weight excluding hydrogens is 306 g/mol. The van der Waals surface area contributed by atoms with Crippen LogP contribution in [0.1, 0.15) is 44.4 Å². The minimum absolute atomic E-state index is 0.117. The number of carbonyl (C=O) groups is 1. The molecule has 0 spiro atoms. The van der Waals surface area contributed by atoms with Gasteiger partial charge in [0.1, 0.15) is 5.75 Å². The Hall–Kier alpha value is -2.37. The van der Waals surface area contributed by atoms with Gasteiger partial charge in [-0.15, -0.1) is 0 Å². The lowest BCUT2D eigenvalue weighted by molar-refractivity contribution is -0.132. The van der Waals surface area contributed by atoms with E-state index in [2.05, 4.69) is 10.1 Å². The Kier molecular flexibility index (Phi) is 5.13. The first-order valence-electron chi connectivity index (χ1n) is 8.47. The maximum atomic E-state index is 12.1. The summed E-state index contributed by atoms with van der Waals surface area (Å²) in [7, 11) is 1.63. The maximum Gasteiger partial charge on any atom is 0.231 e. The molecule has 1 aromatic carbocycles. The molecule has 1 amide bonds. The summed E-state index contributed by atoms with van der Waals surface area (Å²) >= 11 is 0. The number of benzene rings is 1. The maximum absolute atomic E-state index is 12.1. The van der Waals surface area contributed by atoms with Crippen molar-refractivity contribution in [1.82, 2.24) is 15.0 Å². The number of methoxy groups -OCH3 is 1. The molecule has 1 aliphatic heterocycles. The number of nitrogens with zero attached hydrogens (tertiary/aromatic N) is 3.